The first-order valence-electron chi connectivity index (χ1n) is 6.02. The van der Waals surface area contributed by atoms with Gasteiger partial charge in [0.1, 0.15) is 0 Å². The number of esters is 1. The van der Waals surface area contributed by atoms with Crippen LogP contribution >= 0.6 is 0 Å². The molecule has 1 saturated heterocycles. The van der Waals surface area contributed by atoms with Crippen LogP contribution in [0.2, 0.25) is 0 Å². The van der Waals surface area contributed by atoms with Gasteiger partial charge in [-0.3, -0.25) is 9.69 Å². The molecule has 0 aliphatic carbocycles. The lowest BCUT2D eigenvalue weighted by Crippen LogP contribution is -2.48. The van der Waals surface area contributed by atoms with E-state index < -0.39 is 0 Å². The van der Waals surface area contributed by atoms with Gasteiger partial charge < -0.3 is 9.64 Å². The van der Waals surface area contributed by atoms with Crippen LogP contribution in [0.4, 0.5) is 0 Å². The molecule has 0 radical (unpaired) electrons. The Hall–Kier alpha value is -0.610. The average Bonchev–Trinajstić information content (AvgIpc) is 2.28. The minimum atomic E-state index is -0.112. The van der Waals surface area contributed by atoms with Gasteiger partial charge in [0.15, 0.2) is 0 Å². The van der Waals surface area contributed by atoms with Crippen LogP contribution in [0.5, 0.6) is 0 Å². The van der Waals surface area contributed by atoms with Crippen LogP contribution < -0.4 is 0 Å². The van der Waals surface area contributed by atoms with Crippen LogP contribution in [0.15, 0.2) is 0 Å². The summed E-state index contributed by atoms with van der Waals surface area (Å²) in [6.45, 7) is 4.27. The molecular weight excluding hydrogens is 204 g/mol. The Labute approximate surface area is 98.5 Å². The van der Waals surface area contributed by atoms with Gasteiger partial charge in [-0.15, -0.1) is 0 Å². The topological polar surface area (TPSA) is 32.8 Å². The molecule has 2 unspecified atom stereocenters. The third-order valence-corrected chi connectivity index (χ3v) is 3.47. The van der Waals surface area contributed by atoms with Crippen LogP contribution in [0.3, 0.4) is 0 Å². The summed E-state index contributed by atoms with van der Waals surface area (Å²) in [7, 11) is 5.70. The van der Waals surface area contributed by atoms with Crippen molar-refractivity contribution in [1.29, 1.82) is 0 Å². The molecule has 0 aromatic heterocycles. The minimum Gasteiger partial charge on any atom is -0.469 e. The molecule has 94 valence electrons. The third-order valence-electron chi connectivity index (χ3n) is 3.47. The summed E-state index contributed by atoms with van der Waals surface area (Å²) in [4.78, 5) is 15.9. The number of nitrogens with zero attached hydrogens (tertiary/aromatic N) is 2. The normalized spacial score (nSPS) is 24.4. The van der Waals surface area contributed by atoms with Crippen LogP contribution in [-0.4, -0.2) is 62.1 Å². The van der Waals surface area contributed by atoms with E-state index in [1.54, 1.807) is 0 Å². The predicted octanol–water partition coefficient (Wildman–Crippen LogP) is 0.964. The monoisotopic (exact) mass is 228 g/mol. The van der Waals surface area contributed by atoms with Gasteiger partial charge in [-0.05, 0) is 40.4 Å². The second-order valence-corrected chi connectivity index (χ2v) is 4.88. The van der Waals surface area contributed by atoms with E-state index in [1.807, 2.05) is 0 Å². The molecule has 4 heteroatoms. The maximum absolute atomic E-state index is 11.2. The molecule has 1 rings (SSSR count). The fraction of sp³-hybridized carbons (Fsp3) is 0.917. The zero-order valence-electron chi connectivity index (χ0n) is 10.9. The van der Waals surface area contributed by atoms with Crippen molar-refractivity contribution in [3.63, 3.8) is 0 Å². The Morgan fingerprint density at radius 2 is 2.25 bits per heavy atom. The number of rotatable bonds is 4. The number of piperidine rings is 1. The molecule has 0 amide bonds. The second kappa shape index (κ2) is 6.21. The number of ether oxygens (including phenoxy) is 1. The highest BCUT2D eigenvalue weighted by molar-refractivity contribution is 5.69. The number of hydrogen-bond acceptors (Lipinski definition) is 4. The molecule has 1 fully saturated rings. The van der Waals surface area contributed by atoms with Gasteiger partial charge in [-0.2, -0.15) is 0 Å². The molecule has 0 saturated carbocycles. The third kappa shape index (κ3) is 3.76. The van der Waals surface area contributed by atoms with Crippen molar-refractivity contribution >= 4 is 5.97 Å². The first-order valence-corrected chi connectivity index (χ1v) is 6.02. The molecule has 2 atom stereocenters. The lowest BCUT2D eigenvalue weighted by molar-refractivity contribution is -0.142. The number of likely N-dealkylation sites (N-methyl/N-ethyl adjacent to an activating group) is 1. The molecule has 0 N–H and O–H groups in total. The number of carbonyl (C=O) groups is 1. The molecular formula is C12H24N2O2. The van der Waals surface area contributed by atoms with Crippen molar-refractivity contribution in [2.24, 2.45) is 0 Å². The van der Waals surface area contributed by atoms with E-state index >= 15 is 0 Å². The summed E-state index contributed by atoms with van der Waals surface area (Å²) >= 11 is 0. The maximum Gasteiger partial charge on any atom is 0.307 e. The van der Waals surface area contributed by atoms with Crippen molar-refractivity contribution in [1.82, 2.24) is 9.80 Å². The van der Waals surface area contributed by atoms with E-state index in [4.69, 9.17) is 4.74 Å². The second-order valence-electron chi connectivity index (χ2n) is 4.88. The largest absolute Gasteiger partial charge is 0.469 e. The Bertz CT molecular complexity index is 231. The lowest BCUT2D eigenvalue weighted by atomic mass is 10.0. The number of likely N-dealkylation sites (tertiary alicyclic amines) is 1. The Morgan fingerprint density at radius 3 is 2.81 bits per heavy atom. The minimum absolute atomic E-state index is 0.112. The highest BCUT2D eigenvalue weighted by Gasteiger charge is 2.25. The summed E-state index contributed by atoms with van der Waals surface area (Å²) in [5.41, 5.74) is 0. The number of hydrogen-bond donors (Lipinski definition) is 0. The van der Waals surface area contributed by atoms with Gasteiger partial charge in [0.05, 0.1) is 13.5 Å². The summed E-state index contributed by atoms with van der Waals surface area (Å²) in [6.07, 6.45) is 2.97. The molecule has 0 aromatic rings. The van der Waals surface area contributed by atoms with E-state index in [-0.39, 0.29) is 12.0 Å². The summed E-state index contributed by atoms with van der Waals surface area (Å²) < 4.78 is 4.71. The summed E-state index contributed by atoms with van der Waals surface area (Å²) in [5.74, 6) is -0.112. The smallest absolute Gasteiger partial charge is 0.307 e. The standard InChI is InChI=1S/C12H24N2O2/c1-10(8-12(15)16-4)14-7-5-6-11(9-14)13(2)3/h10-11H,5-9H2,1-4H3. The van der Waals surface area contributed by atoms with Gasteiger partial charge in [0, 0.05) is 18.6 Å². The Balaban J connectivity index is 2.43. The molecule has 4 nitrogen and oxygen atoms in total. The van der Waals surface area contributed by atoms with Crippen molar-refractivity contribution in [3.8, 4) is 0 Å². The quantitative estimate of drug-likeness (QED) is 0.671. The van der Waals surface area contributed by atoms with Crippen molar-refractivity contribution in [2.75, 3.05) is 34.3 Å². The fourth-order valence-corrected chi connectivity index (χ4v) is 2.26. The van der Waals surface area contributed by atoms with E-state index in [0.717, 1.165) is 13.1 Å². The highest BCUT2D eigenvalue weighted by Crippen LogP contribution is 2.17. The Morgan fingerprint density at radius 1 is 1.56 bits per heavy atom. The zero-order chi connectivity index (χ0) is 12.1. The van der Waals surface area contributed by atoms with Crippen molar-refractivity contribution in [2.45, 2.75) is 38.3 Å². The van der Waals surface area contributed by atoms with E-state index in [0.29, 0.717) is 12.5 Å². The predicted molar refractivity (Wildman–Crippen MR) is 64.4 cm³/mol. The van der Waals surface area contributed by atoms with Crippen LogP contribution in [0.25, 0.3) is 0 Å². The van der Waals surface area contributed by atoms with Crippen LogP contribution in [-0.2, 0) is 9.53 Å². The first-order chi connectivity index (χ1) is 7.54. The number of methoxy groups -OCH3 is 1. The van der Waals surface area contributed by atoms with Gasteiger partial charge in [-0.25, -0.2) is 0 Å². The van der Waals surface area contributed by atoms with Gasteiger partial charge in [0.25, 0.3) is 0 Å². The maximum atomic E-state index is 11.2. The summed E-state index contributed by atoms with van der Waals surface area (Å²) in [6, 6.07) is 0.907. The molecule has 1 aliphatic rings. The molecule has 0 aromatic carbocycles. The Kier molecular flexibility index (Phi) is 5.22. The van der Waals surface area contributed by atoms with E-state index in [2.05, 4.69) is 30.8 Å². The molecule has 16 heavy (non-hydrogen) atoms. The van der Waals surface area contributed by atoms with Gasteiger partial charge in [0.2, 0.25) is 0 Å². The first kappa shape index (κ1) is 13.5. The van der Waals surface area contributed by atoms with Crippen molar-refractivity contribution in [3.05, 3.63) is 0 Å². The van der Waals surface area contributed by atoms with Gasteiger partial charge in [-0.1, -0.05) is 0 Å². The van der Waals surface area contributed by atoms with Crippen molar-refractivity contribution < 1.29 is 9.53 Å². The molecule has 1 aliphatic heterocycles. The lowest BCUT2D eigenvalue weighted by Gasteiger charge is -2.39. The fourth-order valence-electron chi connectivity index (χ4n) is 2.26. The van der Waals surface area contributed by atoms with Crippen LogP contribution in [0, 0.1) is 0 Å². The van der Waals surface area contributed by atoms with E-state index in [9.17, 15) is 4.79 Å². The van der Waals surface area contributed by atoms with Crippen LogP contribution in [0.1, 0.15) is 26.2 Å². The molecule has 0 spiro atoms. The average molecular weight is 228 g/mol. The molecule has 0 bridgehead atoms. The zero-order valence-corrected chi connectivity index (χ0v) is 10.9. The SMILES string of the molecule is COC(=O)CC(C)N1CCCC(N(C)C)C1. The number of carbonyl (C=O) groups excluding carboxylic acids is 1. The van der Waals surface area contributed by atoms with Gasteiger partial charge >= 0.3 is 5.97 Å². The summed E-state index contributed by atoms with van der Waals surface area (Å²) in [5, 5.41) is 0. The highest BCUT2D eigenvalue weighted by atomic mass is 16.5. The molecule has 1 heterocycles. The van der Waals surface area contributed by atoms with E-state index in [1.165, 1.54) is 20.0 Å².